The van der Waals surface area contributed by atoms with Crippen molar-refractivity contribution in [2.45, 2.75) is 19.9 Å². The van der Waals surface area contributed by atoms with Gasteiger partial charge in [-0.25, -0.2) is 9.00 Å². The molecule has 3 N–H and O–H groups in total. The van der Waals surface area contributed by atoms with E-state index < -0.39 is 29.2 Å². The molecular weight excluding hydrogens is 496 g/mol. The smallest absolute Gasteiger partial charge is 0.327 e. The first-order valence-corrected chi connectivity index (χ1v) is 12.5. The number of ether oxygens (including phenoxy) is 1. The number of methoxy groups -OCH3 is 1. The van der Waals surface area contributed by atoms with Crippen LogP contribution >= 0.6 is 0 Å². The van der Waals surface area contributed by atoms with Crippen LogP contribution in [-0.2, 0) is 16.1 Å². The molecule has 3 aromatic carbocycles. The Morgan fingerprint density at radius 3 is 2.14 bits per heavy atom. The van der Waals surface area contributed by atoms with E-state index in [1.165, 1.54) is 0 Å². The number of hydrogen-bond acceptors (Lipinski definition) is 5. The average Bonchev–Trinajstić information content (AvgIpc) is 3.31. The monoisotopic (exact) mass is 522 g/mol. The molecule has 2 unspecified atom stereocenters. The standard InChI is InChI=1S/C27H26N2O7S/c1-16(2)25(27(31)32)29(37(33)34)21-10-6-18(7-11-21)17-4-8-20(9-5-17)28-26(30)24-15-19-14-22(35-3)12-13-23(19)36-24/h4-16,25H,1-3H3,(H,28,30)(H,31,32)(H,33,34). The highest BCUT2D eigenvalue weighted by Gasteiger charge is 2.32. The number of benzene rings is 3. The van der Waals surface area contributed by atoms with Crippen LogP contribution in [0.4, 0.5) is 11.4 Å². The molecule has 0 saturated heterocycles. The fourth-order valence-corrected chi connectivity index (χ4v) is 4.83. The Balaban J connectivity index is 1.48. The molecule has 1 aromatic heterocycles. The third-order valence-electron chi connectivity index (χ3n) is 5.85. The first-order chi connectivity index (χ1) is 17.7. The van der Waals surface area contributed by atoms with Crippen LogP contribution in [0, 0.1) is 5.92 Å². The summed E-state index contributed by atoms with van der Waals surface area (Å²) in [4.78, 5) is 24.4. The summed E-state index contributed by atoms with van der Waals surface area (Å²) >= 11 is -2.51. The summed E-state index contributed by atoms with van der Waals surface area (Å²) in [6.45, 7) is 3.36. The van der Waals surface area contributed by atoms with Gasteiger partial charge in [0, 0.05) is 11.1 Å². The molecule has 1 heterocycles. The van der Waals surface area contributed by atoms with E-state index in [2.05, 4.69) is 5.32 Å². The molecule has 2 atom stereocenters. The Kier molecular flexibility index (Phi) is 7.61. The van der Waals surface area contributed by atoms with Crippen LogP contribution in [0.1, 0.15) is 24.4 Å². The zero-order valence-electron chi connectivity index (χ0n) is 20.4. The molecule has 0 aliphatic heterocycles. The predicted octanol–water partition coefficient (Wildman–Crippen LogP) is 5.41. The lowest BCUT2D eigenvalue weighted by Crippen LogP contribution is -2.45. The van der Waals surface area contributed by atoms with Gasteiger partial charge in [0.1, 0.15) is 17.4 Å². The number of hydrogen-bond donors (Lipinski definition) is 3. The van der Waals surface area contributed by atoms with E-state index in [4.69, 9.17) is 9.15 Å². The van der Waals surface area contributed by atoms with Gasteiger partial charge < -0.3 is 19.6 Å². The molecule has 10 heteroatoms. The Hall–Kier alpha value is -4.15. The topological polar surface area (TPSA) is 129 Å². The number of carboxylic acids is 1. The summed E-state index contributed by atoms with van der Waals surface area (Å²) < 4.78 is 33.5. The summed E-state index contributed by atoms with van der Waals surface area (Å²) in [5.74, 6) is -1.11. The van der Waals surface area contributed by atoms with Crippen LogP contribution in [0.25, 0.3) is 22.1 Å². The Morgan fingerprint density at radius 1 is 0.973 bits per heavy atom. The lowest BCUT2D eigenvalue weighted by molar-refractivity contribution is -0.139. The molecule has 0 aliphatic carbocycles. The summed E-state index contributed by atoms with van der Waals surface area (Å²) in [7, 11) is 1.57. The quantitative estimate of drug-likeness (QED) is 0.251. The Labute approximate surface area is 216 Å². The van der Waals surface area contributed by atoms with Crippen molar-refractivity contribution in [2.75, 3.05) is 16.7 Å². The van der Waals surface area contributed by atoms with Crippen LogP contribution in [0.3, 0.4) is 0 Å². The molecule has 0 saturated carbocycles. The van der Waals surface area contributed by atoms with Crippen molar-refractivity contribution in [1.29, 1.82) is 0 Å². The van der Waals surface area contributed by atoms with Crippen molar-refractivity contribution in [3.63, 3.8) is 0 Å². The van der Waals surface area contributed by atoms with Crippen LogP contribution in [0.15, 0.2) is 77.2 Å². The molecule has 0 spiro atoms. The maximum Gasteiger partial charge on any atom is 0.327 e. The van der Waals surface area contributed by atoms with Gasteiger partial charge >= 0.3 is 5.97 Å². The number of fused-ring (bicyclic) bond motifs is 1. The van der Waals surface area contributed by atoms with E-state index in [9.17, 15) is 23.5 Å². The van der Waals surface area contributed by atoms with Gasteiger partial charge in [-0.3, -0.25) is 13.7 Å². The summed E-state index contributed by atoms with van der Waals surface area (Å²) in [6.07, 6.45) is 0. The summed E-state index contributed by atoms with van der Waals surface area (Å²) in [5, 5.41) is 13.1. The highest BCUT2D eigenvalue weighted by Crippen LogP contribution is 2.29. The number of furan rings is 1. The average molecular weight is 523 g/mol. The highest BCUT2D eigenvalue weighted by molar-refractivity contribution is 7.80. The minimum absolute atomic E-state index is 0.176. The predicted molar refractivity (Wildman–Crippen MR) is 142 cm³/mol. The molecule has 37 heavy (non-hydrogen) atoms. The van der Waals surface area contributed by atoms with Gasteiger partial charge in [0.15, 0.2) is 5.76 Å². The van der Waals surface area contributed by atoms with Crippen LogP contribution in [-0.4, -0.2) is 38.9 Å². The third-order valence-corrected chi connectivity index (χ3v) is 6.63. The molecule has 1 amide bonds. The lowest BCUT2D eigenvalue weighted by atomic mass is 10.0. The van der Waals surface area contributed by atoms with Crippen LogP contribution in [0.5, 0.6) is 5.75 Å². The van der Waals surface area contributed by atoms with E-state index in [1.807, 2.05) is 12.1 Å². The zero-order chi connectivity index (χ0) is 26.7. The second-order valence-corrected chi connectivity index (χ2v) is 9.53. The van der Waals surface area contributed by atoms with Crippen molar-refractivity contribution < 1.29 is 32.6 Å². The second kappa shape index (κ2) is 10.9. The zero-order valence-corrected chi connectivity index (χ0v) is 21.2. The summed E-state index contributed by atoms with van der Waals surface area (Å²) in [5.41, 5.74) is 3.13. The molecule has 0 aliphatic rings. The van der Waals surface area contributed by atoms with Gasteiger partial charge in [0.2, 0.25) is 0 Å². The van der Waals surface area contributed by atoms with Crippen molar-refractivity contribution in [1.82, 2.24) is 0 Å². The number of nitrogens with zero attached hydrogens (tertiary/aromatic N) is 1. The van der Waals surface area contributed by atoms with Crippen LogP contribution in [0.2, 0.25) is 0 Å². The molecule has 0 radical (unpaired) electrons. The lowest BCUT2D eigenvalue weighted by Gasteiger charge is -2.29. The number of aliphatic carboxylic acids is 1. The van der Waals surface area contributed by atoms with Crippen molar-refractivity contribution in [3.05, 3.63) is 78.6 Å². The van der Waals surface area contributed by atoms with Gasteiger partial charge in [-0.1, -0.05) is 38.1 Å². The number of carboxylic acid groups (broad SMARTS) is 1. The molecule has 4 aromatic rings. The second-order valence-electron chi connectivity index (χ2n) is 8.68. The first kappa shape index (κ1) is 25.9. The third kappa shape index (κ3) is 5.65. The number of carbonyl (C=O) groups is 2. The summed E-state index contributed by atoms with van der Waals surface area (Å²) in [6, 6.07) is 19.6. The maximum atomic E-state index is 12.7. The van der Waals surface area contributed by atoms with Crippen molar-refractivity contribution in [3.8, 4) is 16.9 Å². The van der Waals surface area contributed by atoms with E-state index in [-0.39, 0.29) is 11.7 Å². The highest BCUT2D eigenvalue weighted by atomic mass is 32.2. The van der Waals surface area contributed by atoms with Gasteiger partial charge in [0.05, 0.1) is 12.8 Å². The number of carbonyl (C=O) groups excluding carboxylic acids is 1. The van der Waals surface area contributed by atoms with Gasteiger partial charge in [-0.15, -0.1) is 0 Å². The molecule has 4 rings (SSSR count). The van der Waals surface area contributed by atoms with E-state index in [0.29, 0.717) is 22.7 Å². The van der Waals surface area contributed by atoms with Crippen molar-refractivity contribution in [2.24, 2.45) is 5.92 Å². The molecular formula is C27H26N2O7S. The van der Waals surface area contributed by atoms with Gasteiger partial charge in [-0.2, -0.15) is 0 Å². The van der Waals surface area contributed by atoms with Gasteiger partial charge in [0.25, 0.3) is 17.2 Å². The molecule has 192 valence electrons. The first-order valence-electron chi connectivity index (χ1n) is 11.4. The normalized spacial score (nSPS) is 12.8. The van der Waals surface area contributed by atoms with E-state index in [0.717, 1.165) is 20.8 Å². The maximum absolute atomic E-state index is 12.7. The number of nitrogens with one attached hydrogen (secondary N) is 1. The SMILES string of the molecule is COc1ccc2oc(C(=O)Nc3ccc(-c4ccc(N(C(C(=O)O)C(C)C)S(=O)O)cc4)cc3)cc2c1. The number of anilines is 2. The molecule has 0 bridgehead atoms. The Morgan fingerprint density at radius 2 is 1.59 bits per heavy atom. The Bertz CT molecular complexity index is 1450. The number of amides is 1. The minimum Gasteiger partial charge on any atom is -0.497 e. The molecule has 9 nitrogen and oxygen atoms in total. The number of rotatable bonds is 9. The fourth-order valence-electron chi connectivity index (χ4n) is 4.00. The largest absolute Gasteiger partial charge is 0.497 e. The minimum atomic E-state index is -2.51. The molecule has 0 fully saturated rings. The van der Waals surface area contributed by atoms with Crippen LogP contribution < -0.4 is 14.4 Å². The fraction of sp³-hybridized carbons (Fsp3) is 0.185. The van der Waals surface area contributed by atoms with E-state index in [1.54, 1.807) is 81.6 Å². The van der Waals surface area contributed by atoms with Gasteiger partial charge in [-0.05, 0) is 65.6 Å². The van der Waals surface area contributed by atoms with Crippen molar-refractivity contribution >= 4 is 45.5 Å². The van der Waals surface area contributed by atoms with E-state index >= 15 is 0 Å².